The fourth-order valence-corrected chi connectivity index (χ4v) is 3.25. The molecule has 1 atom stereocenters. The largest absolute Gasteiger partial charge is 0.463 e. The zero-order chi connectivity index (χ0) is 22.2. The third-order valence-electron chi connectivity index (χ3n) is 4.60. The molecule has 2 amide bonds. The number of hydrogen-bond acceptors (Lipinski definition) is 6. The minimum Gasteiger partial charge on any atom is -0.463 e. The van der Waals surface area contributed by atoms with Crippen LogP contribution in [0.15, 0.2) is 65.9 Å². The maximum Gasteiger partial charge on any atom is 0.338 e. The van der Waals surface area contributed by atoms with Crippen molar-refractivity contribution >= 4 is 18.0 Å². The highest BCUT2D eigenvalue weighted by Crippen LogP contribution is 2.28. The van der Waals surface area contributed by atoms with Gasteiger partial charge in [0.05, 0.1) is 36.1 Å². The van der Waals surface area contributed by atoms with E-state index in [-0.39, 0.29) is 24.5 Å². The molecule has 31 heavy (non-hydrogen) atoms. The number of methoxy groups -OCH3 is 1. The van der Waals surface area contributed by atoms with E-state index in [9.17, 15) is 14.4 Å². The number of amides is 2. The number of benzene rings is 2. The molecule has 162 valence electrons. The van der Waals surface area contributed by atoms with E-state index in [0.717, 1.165) is 5.56 Å². The predicted octanol–water partition coefficient (Wildman–Crippen LogP) is 2.86. The Labute approximate surface area is 180 Å². The fraction of sp³-hybridized carbons (Fsp3) is 0.261. The van der Waals surface area contributed by atoms with E-state index in [0.29, 0.717) is 17.7 Å². The van der Waals surface area contributed by atoms with Crippen molar-refractivity contribution in [2.75, 3.05) is 20.3 Å². The summed E-state index contributed by atoms with van der Waals surface area (Å²) in [5, 5.41) is 5.31. The van der Waals surface area contributed by atoms with Crippen molar-refractivity contribution in [2.24, 2.45) is 0 Å². The van der Waals surface area contributed by atoms with Crippen LogP contribution >= 0.6 is 0 Å². The van der Waals surface area contributed by atoms with Crippen LogP contribution in [0.5, 0.6) is 0 Å². The van der Waals surface area contributed by atoms with Gasteiger partial charge in [0.2, 0.25) is 0 Å². The SMILES string of the molecule is CCOC(=O)C1=C(COC(=O)c2cccc(COC)c2)NC(=O)NC1c1ccccc1. The van der Waals surface area contributed by atoms with Crippen LogP contribution in [0.4, 0.5) is 4.79 Å². The van der Waals surface area contributed by atoms with Crippen molar-refractivity contribution in [3.05, 3.63) is 82.6 Å². The first-order chi connectivity index (χ1) is 15.0. The molecular formula is C23H24N2O6. The Balaban J connectivity index is 1.87. The standard InChI is InChI=1S/C23H24N2O6/c1-3-30-22(27)19-18(24-23(28)25-20(19)16-9-5-4-6-10-16)14-31-21(26)17-11-7-8-15(12-17)13-29-2/h4-12,20H,3,13-14H2,1-2H3,(H2,24,25,28). The van der Waals surface area contributed by atoms with E-state index >= 15 is 0 Å². The van der Waals surface area contributed by atoms with Gasteiger partial charge in [0.25, 0.3) is 0 Å². The molecule has 8 heteroatoms. The van der Waals surface area contributed by atoms with Gasteiger partial charge in [0.1, 0.15) is 6.61 Å². The summed E-state index contributed by atoms with van der Waals surface area (Å²) in [7, 11) is 1.57. The van der Waals surface area contributed by atoms with Crippen molar-refractivity contribution in [1.82, 2.24) is 10.6 Å². The molecule has 0 saturated heterocycles. The Bertz CT molecular complexity index is 987. The van der Waals surface area contributed by atoms with Crippen molar-refractivity contribution in [1.29, 1.82) is 0 Å². The van der Waals surface area contributed by atoms with E-state index in [1.54, 1.807) is 56.5 Å². The minimum atomic E-state index is -0.729. The number of carbonyl (C=O) groups is 3. The van der Waals surface area contributed by atoms with Crippen LogP contribution in [0, 0.1) is 0 Å². The Morgan fingerprint density at radius 1 is 0.968 bits per heavy atom. The number of urea groups is 1. The van der Waals surface area contributed by atoms with Gasteiger partial charge < -0.3 is 24.8 Å². The first-order valence-corrected chi connectivity index (χ1v) is 9.81. The highest BCUT2D eigenvalue weighted by molar-refractivity contribution is 5.95. The smallest absolute Gasteiger partial charge is 0.338 e. The second kappa shape index (κ2) is 10.4. The monoisotopic (exact) mass is 424 g/mol. The van der Waals surface area contributed by atoms with Gasteiger partial charge in [0.15, 0.2) is 0 Å². The minimum absolute atomic E-state index is 0.164. The Kier molecular flexibility index (Phi) is 7.40. The summed E-state index contributed by atoms with van der Waals surface area (Å²) >= 11 is 0. The van der Waals surface area contributed by atoms with E-state index in [1.807, 2.05) is 12.1 Å². The Morgan fingerprint density at radius 2 is 1.74 bits per heavy atom. The third-order valence-corrected chi connectivity index (χ3v) is 4.60. The molecule has 1 aliphatic rings. The van der Waals surface area contributed by atoms with Crippen LogP contribution in [0.1, 0.15) is 34.5 Å². The molecule has 0 bridgehead atoms. The maximum absolute atomic E-state index is 12.7. The molecule has 0 fully saturated rings. The predicted molar refractivity (Wildman–Crippen MR) is 112 cm³/mol. The van der Waals surface area contributed by atoms with Gasteiger partial charge in [0, 0.05) is 7.11 Å². The first-order valence-electron chi connectivity index (χ1n) is 9.81. The quantitative estimate of drug-likeness (QED) is 0.632. The molecule has 2 N–H and O–H groups in total. The van der Waals surface area contributed by atoms with Crippen LogP contribution in [-0.2, 0) is 25.6 Å². The van der Waals surface area contributed by atoms with E-state index in [2.05, 4.69) is 10.6 Å². The van der Waals surface area contributed by atoms with Gasteiger partial charge in [-0.2, -0.15) is 0 Å². The van der Waals surface area contributed by atoms with Gasteiger partial charge in [-0.3, -0.25) is 0 Å². The topological polar surface area (TPSA) is 103 Å². The molecule has 2 aromatic rings. The van der Waals surface area contributed by atoms with Crippen molar-refractivity contribution < 1.29 is 28.6 Å². The molecule has 0 saturated carbocycles. The van der Waals surface area contributed by atoms with Crippen LogP contribution in [-0.4, -0.2) is 38.3 Å². The lowest BCUT2D eigenvalue weighted by molar-refractivity contribution is -0.139. The van der Waals surface area contributed by atoms with Gasteiger partial charge in [-0.05, 0) is 30.2 Å². The van der Waals surface area contributed by atoms with Gasteiger partial charge in [-0.25, -0.2) is 14.4 Å². The number of ether oxygens (including phenoxy) is 3. The van der Waals surface area contributed by atoms with E-state index in [1.165, 1.54) is 0 Å². The number of rotatable bonds is 8. The summed E-state index contributed by atoms with van der Waals surface area (Å²) in [6, 6.07) is 14.6. The fourth-order valence-electron chi connectivity index (χ4n) is 3.25. The summed E-state index contributed by atoms with van der Waals surface area (Å²) in [6.07, 6.45) is 0. The normalized spacial score (nSPS) is 15.7. The maximum atomic E-state index is 12.7. The summed E-state index contributed by atoms with van der Waals surface area (Å²) < 4.78 is 15.7. The second-order valence-electron chi connectivity index (χ2n) is 6.76. The van der Waals surface area contributed by atoms with Crippen molar-refractivity contribution in [3.63, 3.8) is 0 Å². The molecule has 0 aromatic heterocycles. The highest BCUT2D eigenvalue weighted by atomic mass is 16.5. The lowest BCUT2D eigenvalue weighted by Gasteiger charge is -2.29. The Hall–Kier alpha value is -3.65. The summed E-state index contributed by atoms with van der Waals surface area (Å²) in [5.74, 6) is -1.19. The molecule has 1 heterocycles. The summed E-state index contributed by atoms with van der Waals surface area (Å²) in [4.78, 5) is 37.5. The van der Waals surface area contributed by atoms with Crippen LogP contribution in [0.2, 0.25) is 0 Å². The molecule has 0 aliphatic carbocycles. The number of carbonyl (C=O) groups excluding carboxylic acids is 3. The molecule has 3 rings (SSSR count). The molecule has 0 spiro atoms. The average Bonchev–Trinajstić information content (AvgIpc) is 2.78. The number of esters is 2. The highest BCUT2D eigenvalue weighted by Gasteiger charge is 2.34. The summed E-state index contributed by atoms with van der Waals surface area (Å²) in [6.45, 7) is 1.92. The van der Waals surface area contributed by atoms with E-state index in [4.69, 9.17) is 14.2 Å². The molecule has 1 aliphatic heterocycles. The van der Waals surface area contributed by atoms with Crippen molar-refractivity contribution in [3.8, 4) is 0 Å². The van der Waals surface area contributed by atoms with Gasteiger partial charge >= 0.3 is 18.0 Å². The van der Waals surface area contributed by atoms with Crippen LogP contribution < -0.4 is 10.6 Å². The summed E-state index contributed by atoms with van der Waals surface area (Å²) in [5.41, 5.74) is 2.23. The van der Waals surface area contributed by atoms with Gasteiger partial charge in [-0.1, -0.05) is 42.5 Å². The lowest BCUT2D eigenvalue weighted by Crippen LogP contribution is -2.47. The lowest BCUT2D eigenvalue weighted by atomic mass is 9.95. The van der Waals surface area contributed by atoms with Gasteiger partial charge in [-0.15, -0.1) is 0 Å². The molecule has 1 unspecified atom stereocenters. The van der Waals surface area contributed by atoms with Crippen molar-refractivity contribution in [2.45, 2.75) is 19.6 Å². The zero-order valence-corrected chi connectivity index (χ0v) is 17.3. The van der Waals surface area contributed by atoms with E-state index < -0.39 is 24.0 Å². The Morgan fingerprint density at radius 3 is 2.45 bits per heavy atom. The van der Waals surface area contributed by atoms with Crippen LogP contribution in [0.3, 0.4) is 0 Å². The average molecular weight is 424 g/mol. The number of nitrogens with one attached hydrogen (secondary N) is 2. The number of hydrogen-bond donors (Lipinski definition) is 2. The molecule has 8 nitrogen and oxygen atoms in total. The molecular weight excluding hydrogens is 400 g/mol. The zero-order valence-electron chi connectivity index (χ0n) is 17.3. The van der Waals surface area contributed by atoms with Crippen LogP contribution in [0.25, 0.3) is 0 Å². The molecule has 0 radical (unpaired) electrons. The third kappa shape index (κ3) is 5.49. The molecule has 2 aromatic carbocycles. The second-order valence-corrected chi connectivity index (χ2v) is 6.76. The first kappa shape index (κ1) is 22.0.